The van der Waals surface area contributed by atoms with Gasteiger partial charge in [-0.2, -0.15) is 4.57 Å². The van der Waals surface area contributed by atoms with Crippen LogP contribution in [0.5, 0.6) is 5.75 Å². The van der Waals surface area contributed by atoms with Crippen LogP contribution in [0.15, 0.2) is 67.0 Å². The lowest BCUT2D eigenvalue weighted by Gasteiger charge is -2.07. The first kappa shape index (κ1) is 21.0. The summed E-state index contributed by atoms with van der Waals surface area (Å²) in [5.74, 6) is -0.348. The van der Waals surface area contributed by atoms with Crippen molar-refractivity contribution in [2.75, 3.05) is 13.7 Å². The van der Waals surface area contributed by atoms with Crippen LogP contribution in [0, 0.1) is 5.82 Å². The predicted molar refractivity (Wildman–Crippen MR) is 110 cm³/mol. The Kier molecular flexibility index (Phi) is 6.75. The molecule has 2 amide bonds. The van der Waals surface area contributed by atoms with Gasteiger partial charge in [-0.05, 0) is 47.9 Å². The summed E-state index contributed by atoms with van der Waals surface area (Å²) in [6.07, 6.45) is 3.93. The molecule has 0 radical (unpaired) electrons. The Morgan fingerprint density at radius 3 is 2.37 bits per heavy atom. The first-order valence-corrected chi connectivity index (χ1v) is 9.44. The summed E-state index contributed by atoms with van der Waals surface area (Å²) in [7, 11) is 1.59. The zero-order valence-corrected chi connectivity index (χ0v) is 16.6. The van der Waals surface area contributed by atoms with Crippen molar-refractivity contribution in [1.29, 1.82) is 0 Å². The van der Waals surface area contributed by atoms with Crippen LogP contribution < -0.4 is 20.4 Å². The monoisotopic (exact) mass is 408 g/mol. The second-order valence-corrected chi connectivity index (χ2v) is 6.80. The summed E-state index contributed by atoms with van der Waals surface area (Å²) in [5.41, 5.74) is 8.32. The van der Waals surface area contributed by atoms with Crippen LogP contribution in [0.25, 0.3) is 11.1 Å². The van der Waals surface area contributed by atoms with Gasteiger partial charge in [-0.25, -0.2) is 4.39 Å². The third kappa shape index (κ3) is 5.64. The number of methoxy groups -OCH3 is 1. The number of hydrogen-bond donors (Lipinski definition) is 2. The SMILES string of the molecule is COc1ccc(-c2cc(C(N)=O)c[n+](CC(=O)NCCc3ccc(F)cc3)c2)cc1. The number of carbonyl (C=O) groups is 2. The molecule has 0 atom stereocenters. The summed E-state index contributed by atoms with van der Waals surface area (Å²) in [4.78, 5) is 24.1. The molecular weight excluding hydrogens is 385 g/mol. The van der Waals surface area contributed by atoms with Crippen molar-refractivity contribution < 1.29 is 23.3 Å². The van der Waals surface area contributed by atoms with E-state index in [0.29, 0.717) is 18.5 Å². The van der Waals surface area contributed by atoms with E-state index in [2.05, 4.69) is 5.32 Å². The molecule has 0 aliphatic carbocycles. The molecule has 0 aliphatic rings. The van der Waals surface area contributed by atoms with Crippen molar-refractivity contribution in [2.24, 2.45) is 5.73 Å². The van der Waals surface area contributed by atoms with Crippen LogP contribution in [0.3, 0.4) is 0 Å². The number of nitrogens with one attached hydrogen (secondary N) is 1. The van der Waals surface area contributed by atoms with Crippen LogP contribution in [-0.4, -0.2) is 25.5 Å². The van der Waals surface area contributed by atoms with Gasteiger partial charge >= 0.3 is 0 Å². The number of primary amides is 1. The first-order valence-electron chi connectivity index (χ1n) is 9.44. The van der Waals surface area contributed by atoms with Gasteiger partial charge in [0, 0.05) is 12.1 Å². The lowest BCUT2D eigenvalue weighted by atomic mass is 10.1. The maximum Gasteiger partial charge on any atom is 0.285 e. The Balaban J connectivity index is 1.69. The number of nitrogens with two attached hydrogens (primary N) is 1. The first-order chi connectivity index (χ1) is 14.4. The van der Waals surface area contributed by atoms with Crippen molar-refractivity contribution in [3.05, 3.63) is 83.9 Å². The molecule has 0 unspecified atom stereocenters. The molecule has 0 saturated heterocycles. The van der Waals surface area contributed by atoms with Gasteiger partial charge in [0.2, 0.25) is 6.54 Å². The maximum atomic E-state index is 13.0. The average molecular weight is 408 g/mol. The Bertz CT molecular complexity index is 1030. The number of aromatic nitrogens is 1. The van der Waals surface area contributed by atoms with Crippen molar-refractivity contribution in [3.8, 4) is 16.9 Å². The van der Waals surface area contributed by atoms with Gasteiger partial charge in [0.25, 0.3) is 11.8 Å². The molecule has 3 rings (SSSR count). The predicted octanol–water partition coefficient (Wildman–Crippen LogP) is 2.25. The maximum absolute atomic E-state index is 13.0. The van der Waals surface area contributed by atoms with Gasteiger partial charge < -0.3 is 15.8 Å². The third-order valence-electron chi connectivity index (χ3n) is 4.60. The van der Waals surface area contributed by atoms with Crippen LogP contribution in [0.1, 0.15) is 15.9 Å². The van der Waals surface area contributed by atoms with Gasteiger partial charge in [-0.1, -0.05) is 24.3 Å². The van der Waals surface area contributed by atoms with E-state index in [4.69, 9.17) is 10.5 Å². The number of benzene rings is 2. The van der Waals surface area contributed by atoms with Crippen LogP contribution in [-0.2, 0) is 17.8 Å². The van der Waals surface area contributed by atoms with Gasteiger partial charge in [0.15, 0.2) is 12.4 Å². The van der Waals surface area contributed by atoms with E-state index in [-0.39, 0.29) is 18.3 Å². The number of amides is 2. The topological polar surface area (TPSA) is 85.3 Å². The quantitative estimate of drug-likeness (QED) is 0.561. The number of halogens is 1. The lowest BCUT2D eigenvalue weighted by Crippen LogP contribution is -2.44. The largest absolute Gasteiger partial charge is 0.497 e. The minimum atomic E-state index is -0.573. The number of hydrogen-bond acceptors (Lipinski definition) is 3. The smallest absolute Gasteiger partial charge is 0.285 e. The van der Waals surface area contributed by atoms with E-state index in [9.17, 15) is 14.0 Å². The highest BCUT2D eigenvalue weighted by atomic mass is 19.1. The fourth-order valence-electron chi connectivity index (χ4n) is 3.02. The number of carbonyl (C=O) groups excluding carboxylic acids is 2. The van der Waals surface area contributed by atoms with Gasteiger partial charge in [0.05, 0.1) is 7.11 Å². The Hall–Kier alpha value is -3.74. The van der Waals surface area contributed by atoms with Crippen molar-refractivity contribution in [3.63, 3.8) is 0 Å². The molecule has 0 fully saturated rings. The molecule has 154 valence electrons. The van der Waals surface area contributed by atoms with Crippen molar-refractivity contribution in [1.82, 2.24) is 5.32 Å². The van der Waals surface area contributed by atoms with Crippen molar-refractivity contribution in [2.45, 2.75) is 13.0 Å². The standard InChI is InChI=1S/C23H22FN3O3/c1-30-21-8-4-17(5-9-21)18-12-19(23(25)29)14-27(13-18)15-22(28)26-11-10-16-2-6-20(24)7-3-16/h2-9,12-14H,10-11,15H2,1H3,(H2-,25,26,28,29)/p+1. The molecule has 3 N–H and O–H groups in total. The highest BCUT2D eigenvalue weighted by Gasteiger charge is 2.16. The van der Waals surface area contributed by atoms with E-state index in [1.807, 2.05) is 24.3 Å². The van der Waals surface area contributed by atoms with Gasteiger partial charge in [-0.3, -0.25) is 9.59 Å². The summed E-state index contributed by atoms with van der Waals surface area (Å²) in [6.45, 7) is 0.458. The van der Waals surface area contributed by atoms with Crippen LogP contribution in [0.2, 0.25) is 0 Å². The molecule has 3 aromatic rings. The van der Waals surface area contributed by atoms with Crippen LogP contribution >= 0.6 is 0 Å². The fraction of sp³-hybridized carbons (Fsp3) is 0.174. The van der Waals surface area contributed by atoms with E-state index < -0.39 is 5.91 Å². The highest BCUT2D eigenvalue weighted by molar-refractivity contribution is 5.93. The summed E-state index contributed by atoms with van der Waals surface area (Å²) >= 11 is 0. The summed E-state index contributed by atoms with van der Waals surface area (Å²) < 4.78 is 19.7. The number of pyridine rings is 1. The molecule has 2 aromatic carbocycles. The van der Waals surface area contributed by atoms with E-state index >= 15 is 0 Å². The zero-order chi connectivity index (χ0) is 21.5. The second-order valence-electron chi connectivity index (χ2n) is 6.80. The zero-order valence-electron chi connectivity index (χ0n) is 16.6. The van der Waals surface area contributed by atoms with E-state index in [1.54, 1.807) is 42.3 Å². The molecule has 6 nitrogen and oxygen atoms in total. The minimum Gasteiger partial charge on any atom is -0.497 e. The summed E-state index contributed by atoms with van der Waals surface area (Å²) in [6, 6.07) is 15.2. The fourth-order valence-corrected chi connectivity index (χ4v) is 3.02. The highest BCUT2D eigenvalue weighted by Crippen LogP contribution is 2.22. The lowest BCUT2D eigenvalue weighted by molar-refractivity contribution is -0.684. The normalized spacial score (nSPS) is 10.5. The molecule has 0 aliphatic heterocycles. The summed E-state index contributed by atoms with van der Waals surface area (Å²) in [5, 5.41) is 2.83. The molecule has 30 heavy (non-hydrogen) atoms. The molecule has 0 bridgehead atoms. The minimum absolute atomic E-state index is 0.0354. The molecule has 7 heteroatoms. The molecule has 0 spiro atoms. The Labute approximate surface area is 174 Å². The van der Waals surface area contributed by atoms with E-state index in [1.165, 1.54) is 12.1 Å². The van der Waals surface area contributed by atoms with E-state index in [0.717, 1.165) is 22.4 Å². The second kappa shape index (κ2) is 9.65. The molecule has 0 saturated carbocycles. The molecular formula is C23H23FN3O3+. The number of ether oxygens (including phenoxy) is 1. The van der Waals surface area contributed by atoms with Crippen molar-refractivity contribution >= 4 is 11.8 Å². The third-order valence-corrected chi connectivity index (χ3v) is 4.60. The molecule has 1 aromatic heterocycles. The Morgan fingerprint density at radius 2 is 1.73 bits per heavy atom. The number of rotatable bonds is 8. The van der Waals surface area contributed by atoms with Gasteiger partial charge in [-0.15, -0.1) is 0 Å². The number of nitrogens with zero attached hydrogens (tertiary/aromatic N) is 1. The average Bonchev–Trinajstić information content (AvgIpc) is 2.75. The van der Waals surface area contributed by atoms with Crippen LogP contribution in [0.4, 0.5) is 4.39 Å². The van der Waals surface area contributed by atoms with Gasteiger partial charge in [0.1, 0.15) is 17.1 Å². The molecule has 1 heterocycles. The Morgan fingerprint density at radius 1 is 1.03 bits per heavy atom.